The van der Waals surface area contributed by atoms with E-state index >= 15 is 0 Å². The average Bonchev–Trinajstić information content (AvgIpc) is 2.59. The fourth-order valence-corrected chi connectivity index (χ4v) is 2.26. The first-order valence-electron chi connectivity index (χ1n) is 7.42. The van der Waals surface area contributed by atoms with Crippen LogP contribution in [0.1, 0.15) is 34.5 Å². The van der Waals surface area contributed by atoms with Gasteiger partial charge in [-0.2, -0.15) is 14.0 Å². The van der Waals surface area contributed by atoms with Crippen LogP contribution in [-0.4, -0.2) is 24.0 Å². The van der Waals surface area contributed by atoms with Crippen molar-refractivity contribution >= 4 is 11.5 Å². The van der Waals surface area contributed by atoms with Crippen LogP contribution in [0.15, 0.2) is 42.5 Å². The highest BCUT2D eigenvalue weighted by atomic mass is 19.3. The van der Waals surface area contributed by atoms with Gasteiger partial charge in [0.25, 0.3) is 0 Å². The molecule has 25 heavy (non-hydrogen) atoms. The van der Waals surface area contributed by atoms with Crippen LogP contribution in [0.25, 0.3) is 0 Å². The number of aliphatic hydroxyl groups excluding tert-OH is 1. The highest BCUT2D eigenvalue weighted by Crippen LogP contribution is 2.22. The minimum atomic E-state index is -2.91. The molecule has 0 spiro atoms. The summed E-state index contributed by atoms with van der Waals surface area (Å²) in [5, 5.41) is 22.1. The van der Waals surface area contributed by atoms with E-state index in [2.05, 4.69) is 10.1 Å². The lowest BCUT2D eigenvalue weighted by Gasteiger charge is -2.16. The van der Waals surface area contributed by atoms with Crippen molar-refractivity contribution in [2.75, 3.05) is 11.9 Å². The van der Waals surface area contributed by atoms with Gasteiger partial charge in [-0.05, 0) is 42.8 Å². The molecule has 1 atom stereocenters. The number of halogens is 2. The molecule has 1 unspecified atom stereocenters. The van der Waals surface area contributed by atoms with Crippen LogP contribution >= 0.6 is 0 Å². The lowest BCUT2D eigenvalue weighted by Crippen LogP contribution is -2.14. The van der Waals surface area contributed by atoms with Crippen molar-refractivity contribution in [3.8, 4) is 11.8 Å². The number of anilines is 1. The molecule has 0 saturated heterocycles. The zero-order valence-electron chi connectivity index (χ0n) is 13.4. The predicted molar refractivity (Wildman–Crippen MR) is 87.7 cm³/mol. The summed E-state index contributed by atoms with van der Waals surface area (Å²) < 4.78 is 28.5. The molecule has 0 amide bonds. The quantitative estimate of drug-likeness (QED) is 0.750. The van der Waals surface area contributed by atoms with Crippen molar-refractivity contribution in [1.82, 2.24) is 0 Å². The Labute approximate surface area is 143 Å². The van der Waals surface area contributed by atoms with Gasteiger partial charge in [0.1, 0.15) is 5.75 Å². The SMILES string of the molecule is CC(=O)c1ccc(C#N)cc1NCC(O)c1ccc(OC(F)F)cc1. The highest BCUT2D eigenvalue weighted by molar-refractivity contribution is 5.99. The van der Waals surface area contributed by atoms with Crippen LogP contribution in [0.3, 0.4) is 0 Å². The predicted octanol–water partition coefficient (Wildman–Crippen LogP) is 3.51. The Bertz CT molecular complexity index is 786. The largest absolute Gasteiger partial charge is 0.435 e. The van der Waals surface area contributed by atoms with Crippen molar-refractivity contribution in [2.45, 2.75) is 19.6 Å². The van der Waals surface area contributed by atoms with Gasteiger partial charge in [-0.3, -0.25) is 4.79 Å². The number of nitrogens with one attached hydrogen (secondary N) is 1. The van der Waals surface area contributed by atoms with Crippen LogP contribution in [0.4, 0.5) is 14.5 Å². The second-order valence-corrected chi connectivity index (χ2v) is 5.27. The summed E-state index contributed by atoms with van der Waals surface area (Å²) in [4.78, 5) is 11.6. The zero-order chi connectivity index (χ0) is 18.4. The number of Topliss-reactive ketones (excluding diaryl/α,β-unsaturated/α-hetero) is 1. The number of ether oxygens (including phenoxy) is 1. The standard InChI is InChI=1S/C18H16F2N2O3/c1-11(23)15-7-2-12(9-21)8-16(15)22-10-17(24)13-3-5-14(6-4-13)25-18(19)20/h2-8,17-18,22,24H,10H2,1H3. The number of rotatable bonds is 7. The Hall–Kier alpha value is -2.98. The molecule has 0 fully saturated rings. The number of aliphatic hydroxyl groups is 1. The van der Waals surface area contributed by atoms with E-state index in [0.717, 1.165) is 0 Å². The number of carbonyl (C=O) groups excluding carboxylic acids is 1. The summed E-state index contributed by atoms with van der Waals surface area (Å²) in [7, 11) is 0. The molecule has 2 aromatic rings. The van der Waals surface area contributed by atoms with E-state index < -0.39 is 12.7 Å². The van der Waals surface area contributed by atoms with Gasteiger partial charge < -0.3 is 15.2 Å². The molecule has 2 rings (SSSR count). The van der Waals surface area contributed by atoms with Gasteiger partial charge in [-0.25, -0.2) is 0 Å². The van der Waals surface area contributed by atoms with E-state index in [-0.39, 0.29) is 18.1 Å². The second-order valence-electron chi connectivity index (χ2n) is 5.27. The van der Waals surface area contributed by atoms with Gasteiger partial charge in [-0.15, -0.1) is 0 Å². The molecule has 7 heteroatoms. The van der Waals surface area contributed by atoms with E-state index in [1.165, 1.54) is 37.3 Å². The molecule has 130 valence electrons. The maximum Gasteiger partial charge on any atom is 0.387 e. The highest BCUT2D eigenvalue weighted by Gasteiger charge is 2.12. The number of nitriles is 1. The van der Waals surface area contributed by atoms with Gasteiger partial charge in [0.2, 0.25) is 0 Å². The van der Waals surface area contributed by atoms with E-state index in [9.17, 15) is 18.7 Å². The molecule has 2 aromatic carbocycles. The van der Waals surface area contributed by atoms with Gasteiger partial charge in [0.15, 0.2) is 5.78 Å². The lowest BCUT2D eigenvalue weighted by atomic mass is 10.1. The fraction of sp³-hybridized carbons (Fsp3) is 0.222. The maximum atomic E-state index is 12.1. The summed E-state index contributed by atoms with van der Waals surface area (Å²) in [6, 6.07) is 12.2. The number of ketones is 1. The first kappa shape index (κ1) is 18.4. The third kappa shape index (κ3) is 4.99. The second kappa shape index (κ2) is 8.22. The maximum absolute atomic E-state index is 12.1. The molecule has 0 aliphatic heterocycles. The molecule has 0 aliphatic rings. The number of hydrogen-bond acceptors (Lipinski definition) is 5. The van der Waals surface area contributed by atoms with Gasteiger partial charge in [0, 0.05) is 17.8 Å². The summed E-state index contributed by atoms with van der Waals surface area (Å²) in [6.07, 6.45) is -0.939. The summed E-state index contributed by atoms with van der Waals surface area (Å²) in [5.41, 5.74) is 1.74. The molecule has 5 nitrogen and oxygen atoms in total. The number of carbonyl (C=O) groups is 1. The van der Waals surface area contributed by atoms with E-state index in [1.807, 2.05) is 6.07 Å². The molecule has 0 saturated carbocycles. The molecule has 0 heterocycles. The van der Waals surface area contributed by atoms with Crippen LogP contribution in [0.5, 0.6) is 5.75 Å². The summed E-state index contributed by atoms with van der Waals surface area (Å²) >= 11 is 0. The smallest absolute Gasteiger partial charge is 0.387 e. The lowest BCUT2D eigenvalue weighted by molar-refractivity contribution is -0.0498. The van der Waals surface area contributed by atoms with Crippen LogP contribution in [0.2, 0.25) is 0 Å². The van der Waals surface area contributed by atoms with Crippen molar-refractivity contribution in [3.05, 3.63) is 59.2 Å². The van der Waals surface area contributed by atoms with Crippen LogP contribution in [0, 0.1) is 11.3 Å². The summed E-state index contributed by atoms with van der Waals surface area (Å²) in [5.74, 6) is -0.172. The number of benzene rings is 2. The Morgan fingerprint density at radius 3 is 2.52 bits per heavy atom. The van der Waals surface area contributed by atoms with E-state index in [0.29, 0.717) is 22.4 Å². The van der Waals surface area contributed by atoms with Gasteiger partial charge in [-0.1, -0.05) is 12.1 Å². The zero-order valence-corrected chi connectivity index (χ0v) is 13.4. The first-order valence-corrected chi connectivity index (χ1v) is 7.42. The number of hydrogen-bond donors (Lipinski definition) is 2. The molecular weight excluding hydrogens is 330 g/mol. The van der Waals surface area contributed by atoms with E-state index in [1.54, 1.807) is 12.1 Å². The third-order valence-electron chi connectivity index (χ3n) is 3.50. The van der Waals surface area contributed by atoms with Crippen molar-refractivity contribution in [2.24, 2.45) is 0 Å². The fourth-order valence-electron chi connectivity index (χ4n) is 2.26. The van der Waals surface area contributed by atoms with Gasteiger partial charge >= 0.3 is 6.61 Å². The Balaban J connectivity index is 2.08. The Morgan fingerprint density at radius 1 is 1.28 bits per heavy atom. The van der Waals surface area contributed by atoms with Crippen molar-refractivity contribution in [3.63, 3.8) is 0 Å². The van der Waals surface area contributed by atoms with Crippen molar-refractivity contribution < 1.29 is 23.4 Å². The minimum absolute atomic E-state index is 0.000466. The molecule has 0 aliphatic carbocycles. The number of alkyl halides is 2. The molecular formula is C18H16F2N2O3. The average molecular weight is 346 g/mol. The van der Waals surface area contributed by atoms with Crippen molar-refractivity contribution in [1.29, 1.82) is 5.26 Å². The Kier molecular flexibility index (Phi) is 6.03. The normalized spacial score (nSPS) is 11.7. The molecule has 0 aromatic heterocycles. The first-order chi connectivity index (χ1) is 11.9. The molecule has 0 radical (unpaired) electrons. The third-order valence-corrected chi connectivity index (χ3v) is 3.50. The topological polar surface area (TPSA) is 82.4 Å². The number of nitrogens with zero attached hydrogens (tertiary/aromatic N) is 1. The minimum Gasteiger partial charge on any atom is -0.435 e. The molecule has 0 bridgehead atoms. The van der Waals surface area contributed by atoms with Gasteiger partial charge in [0.05, 0.1) is 17.7 Å². The summed E-state index contributed by atoms with van der Waals surface area (Å²) in [6.45, 7) is -1.43. The van der Waals surface area contributed by atoms with E-state index in [4.69, 9.17) is 5.26 Å². The monoisotopic (exact) mass is 346 g/mol. The Morgan fingerprint density at radius 2 is 1.96 bits per heavy atom. The van der Waals surface area contributed by atoms with Crippen LogP contribution < -0.4 is 10.1 Å². The van der Waals surface area contributed by atoms with Crippen LogP contribution in [-0.2, 0) is 0 Å². The molecule has 2 N–H and O–H groups in total.